The summed E-state index contributed by atoms with van der Waals surface area (Å²) in [5.41, 5.74) is 0. The summed E-state index contributed by atoms with van der Waals surface area (Å²) in [5.74, 6) is -0.182. The average molecular weight is 273 g/mol. The van der Waals surface area contributed by atoms with Gasteiger partial charge in [0.15, 0.2) is 0 Å². The van der Waals surface area contributed by atoms with Crippen molar-refractivity contribution in [3.8, 4) is 0 Å². The van der Waals surface area contributed by atoms with Crippen LogP contribution in [0.3, 0.4) is 0 Å². The van der Waals surface area contributed by atoms with E-state index >= 15 is 0 Å². The Morgan fingerprint density at radius 2 is 1.80 bits per heavy atom. The number of rotatable bonds is 2. The molecule has 1 N–H and O–H groups in total. The molecule has 0 aliphatic heterocycles. The monoisotopic (exact) mass is 274 g/mol. The van der Waals surface area contributed by atoms with Crippen molar-refractivity contribution in [2.75, 3.05) is 0 Å². The SMILES string of the molecule is OC1CCCCC1[Se]c1ccc(F)cc1. The van der Waals surface area contributed by atoms with Crippen LogP contribution in [-0.4, -0.2) is 26.2 Å². The number of aliphatic hydroxyl groups excluding tert-OH is 1. The predicted octanol–water partition coefficient (Wildman–Crippen LogP) is 1.88. The number of benzene rings is 1. The standard InChI is InChI=1S/C12H15FOSe/c13-9-5-7-10(8-6-9)15-12-4-2-1-3-11(12)14/h5-8,11-12,14H,1-4H2. The van der Waals surface area contributed by atoms with E-state index in [0.29, 0.717) is 4.82 Å². The molecular weight excluding hydrogens is 258 g/mol. The van der Waals surface area contributed by atoms with E-state index in [1.165, 1.54) is 23.0 Å². The minimum atomic E-state index is -0.182. The summed E-state index contributed by atoms with van der Waals surface area (Å²) in [6.07, 6.45) is 4.30. The van der Waals surface area contributed by atoms with Gasteiger partial charge >= 0.3 is 95.6 Å². The van der Waals surface area contributed by atoms with E-state index in [2.05, 4.69) is 0 Å². The van der Waals surface area contributed by atoms with Gasteiger partial charge in [0.05, 0.1) is 0 Å². The van der Waals surface area contributed by atoms with Crippen molar-refractivity contribution in [1.82, 2.24) is 0 Å². The second-order valence-corrected chi connectivity index (χ2v) is 6.72. The van der Waals surface area contributed by atoms with Crippen LogP contribution in [0.25, 0.3) is 0 Å². The summed E-state index contributed by atoms with van der Waals surface area (Å²) in [5, 5.41) is 9.83. The van der Waals surface area contributed by atoms with E-state index in [1.54, 1.807) is 0 Å². The van der Waals surface area contributed by atoms with Gasteiger partial charge < -0.3 is 0 Å². The topological polar surface area (TPSA) is 20.2 Å². The van der Waals surface area contributed by atoms with Crippen LogP contribution in [-0.2, 0) is 0 Å². The molecule has 0 amide bonds. The van der Waals surface area contributed by atoms with Crippen molar-refractivity contribution in [3.63, 3.8) is 0 Å². The van der Waals surface area contributed by atoms with Crippen LogP contribution in [0.4, 0.5) is 4.39 Å². The van der Waals surface area contributed by atoms with E-state index in [0.717, 1.165) is 19.3 Å². The molecule has 1 aliphatic rings. The van der Waals surface area contributed by atoms with Crippen molar-refractivity contribution in [2.45, 2.75) is 36.6 Å². The molecule has 3 heteroatoms. The van der Waals surface area contributed by atoms with Crippen LogP contribution in [0.15, 0.2) is 24.3 Å². The molecule has 2 unspecified atom stereocenters. The molecule has 1 aromatic carbocycles. The maximum absolute atomic E-state index is 12.7. The Morgan fingerprint density at radius 3 is 2.47 bits per heavy atom. The van der Waals surface area contributed by atoms with Gasteiger partial charge in [-0.3, -0.25) is 0 Å². The minimum absolute atomic E-state index is 0.135. The molecule has 0 bridgehead atoms. The van der Waals surface area contributed by atoms with Crippen molar-refractivity contribution in [2.24, 2.45) is 0 Å². The zero-order chi connectivity index (χ0) is 10.7. The van der Waals surface area contributed by atoms with Crippen LogP contribution >= 0.6 is 0 Å². The third-order valence-corrected chi connectivity index (χ3v) is 5.70. The number of hydrogen-bond acceptors (Lipinski definition) is 1. The summed E-state index contributed by atoms with van der Waals surface area (Å²) in [6.45, 7) is 0. The Hall–Kier alpha value is -0.371. The van der Waals surface area contributed by atoms with E-state index < -0.39 is 0 Å². The fraction of sp³-hybridized carbons (Fsp3) is 0.500. The fourth-order valence-corrected chi connectivity index (χ4v) is 4.46. The van der Waals surface area contributed by atoms with E-state index in [9.17, 15) is 9.50 Å². The van der Waals surface area contributed by atoms with Gasteiger partial charge in [-0.15, -0.1) is 0 Å². The first-order chi connectivity index (χ1) is 7.25. The Kier molecular flexibility index (Phi) is 3.79. The summed E-state index contributed by atoms with van der Waals surface area (Å²) in [7, 11) is 0. The molecule has 15 heavy (non-hydrogen) atoms. The zero-order valence-corrected chi connectivity index (χ0v) is 10.2. The molecule has 2 atom stereocenters. The van der Waals surface area contributed by atoms with Gasteiger partial charge in [0.2, 0.25) is 0 Å². The molecule has 0 saturated heterocycles. The third kappa shape index (κ3) is 3.04. The molecule has 0 spiro atoms. The number of aliphatic hydroxyl groups is 1. The molecule has 0 heterocycles. The van der Waals surface area contributed by atoms with Crippen LogP contribution < -0.4 is 4.46 Å². The maximum atomic E-state index is 12.7. The van der Waals surface area contributed by atoms with Crippen LogP contribution in [0, 0.1) is 5.82 Å². The Bertz CT molecular complexity index is 312. The molecular formula is C12H15FOSe. The Labute approximate surface area is 95.9 Å². The van der Waals surface area contributed by atoms with Crippen LogP contribution in [0.1, 0.15) is 25.7 Å². The summed E-state index contributed by atoms with van der Waals surface area (Å²) < 4.78 is 13.9. The van der Waals surface area contributed by atoms with Gasteiger partial charge in [0.1, 0.15) is 0 Å². The Morgan fingerprint density at radius 1 is 1.13 bits per heavy atom. The van der Waals surface area contributed by atoms with Crippen LogP contribution in [0.5, 0.6) is 0 Å². The third-order valence-electron chi connectivity index (χ3n) is 2.77. The fourth-order valence-electron chi connectivity index (χ4n) is 1.90. The molecule has 2 rings (SSSR count). The first-order valence-electron chi connectivity index (χ1n) is 5.36. The average Bonchev–Trinajstić information content (AvgIpc) is 2.25. The Balaban J connectivity index is 1.98. The second-order valence-electron chi connectivity index (χ2n) is 3.96. The summed E-state index contributed by atoms with van der Waals surface area (Å²) in [4.78, 5) is 0.428. The van der Waals surface area contributed by atoms with E-state index in [-0.39, 0.29) is 26.9 Å². The van der Waals surface area contributed by atoms with E-state index in [1.807, 2.05) is 12.1 Å². The van der Waals surface area contributed by atoms with Gasteiger partial charge in [-0.05, 0) is 0 Å². The molecule has 0 radical (unpaired) electrons. The van der Waals surface area contributed by atoms with Gasteiger partial charge in [-0.2, -0.15) is 0 Å². The molecule has 1 fully saturated rings. The van der Waals surface area contributed by atoms with Gasteiger partial charge in [-0.25, -0.2) is 0 Å². The first kappa shape index (κ1) is 11.1. The number of halogens is 1. The van der Waals surface area contributed by atoms with Crippen molar-refractivity contribution >= 4 is 19.4 Å². The van der Waals surface area contributed by atoms with Crippen molar-refractivity contribution < 1.29 is 9.50 Å². The summed E-state index contributed by atoms with van der Waals surface area (Å²) in [6, 6.07) is 6.70. The normalized spacial score (nSPS) is 26.5. The molecule has 1 saturated carbocycles. The van der Waals surface area contributed by atoms with Gasteiger partial charge in [0.25, 0.3) is 0 Å². The second kappa shape index (κ2) is 5.11. The number of hydrogen-bond donors (Lipinski definition) is 1. The van der Waals surface area contributed by atoms with Gasteiger partial charge in [-0.1, -0.05) is 0 Å². The molecule has 1 aliphatic carbocycles. The summed E-state index contributed by atoms with van der Waals surface area (Å²) >= 11 is 0.285. The molecule has 0 aromatic heterocycles. The van der Waals surface area contributed by atoms with E-state index in [4.69, 9.17) is 0 Å². The molecule has 1 aromatic rings. The molecule has 1 nitrogen and oxygen atoms in total. The zero-order valence-electron chi connectivity index (χ0n) is 8.53. The van der Waals surface area contributed by atoms with Crippen molar-refractivity contribution in [1.29, 1.82) is 0 Å². The first-order valence-corrected chi connectivity index (χ1v) is 7.20. The van der Waals surface area contributed by atoms with Crippen LogP contribution in [0.2, 0.25) is 4.82 Å². The molecule has 82 valence electrons. The quantitative estimate of drug-likeness (QED) is 0.816. The predicted molar refractivity (Wildman–Crippen MR) is 60.0 cm³/mol. The van der Waals surface area contributed by atoms with Crippen molar-refractivity contribution in [3.05, 3.63) is 30.1 Å². The van der Waals surface area contributed by atoms with Gasteiger partial charge in [0, 0.05) is 0 Å².